The van der Waals surface area contributed by atoms with Crippen LogP contribution in [-0.4, -0.2) is 48.0 Å². The van der Waals surface area contributed by atoms with Gasteiger partial charge in [0.25, 0.3) is 0 Å². The van der Waals surface area contributed by atoms with Crippen LogP contribution < -0.4 is 9.47 Å². The second-order valence-electron chi connectivity index (χ2n) is 8.17. The first-order valence-corrected chi connectivity index (χ1v) is 11.0. The number of Topliss-reactive ketones (excluding diaryl/α,β-unsaturated/α-hetero) is 1. The molecule has 2 aromatic rings. The molecule has 1 atom stereocenters. The molecule has 0 saturated carbocycles. The number of fused-ring (bicyclic) bond motifs is 1. The van der Waals surface area contributed by atoms with E-state index in [2.05, 4.69) is 16.7 Å². The Labute approximate surface area is 183 Å². The molecular formula is C25H29FN2O3. The highest BCUT2D eigenvalue weighted by molar-refractivity contribution is 6.12. The van der Waals surface area contributed by atoms with E-state index in [9.17, 15) is 9.18 Å². The maximum Gasteiger partial charge on any atom is 0.233 e. The van der Waals surface area contributed by atoms with Crippen molar-refractivity contribution in [2.24, 2.45) is 0 Å². The number of allylic oxidation sites excluding steroid dienone is 1. The summed E-state index contributed by atoms with van der Waals surface area (Å²) in [5.74, 6) is 1.39. The molecule has 5 nitrogen and oxygen atoms in total. The minimum atomic E-state index is -0.259. The van der Waals surface area contributed by atoms with Crippen molar-refractivity contribution in [2.45, 2.75) is 44.9 Å². The number of nitrogens with zero attached hydrogens (tertiary/aromatic N) is 2. The van der Waals surface area contributed by atoms with Gasteiger partial charge in [-0.15, -0.1) is 0 Å². The molecule has 2 aliphatic heterocycles. The SMILES string of the molecule is CCCC(Oc1ccc(F)cc1)N1CCC(N(C)C=C2Oc3ccccc3C2=O)CC1. The zero-order valence-electron chi connectivity index (χ0n) is 18.1. The molecule has 1 fully saturated rings. The Hall–Kier alpha value is -2.86. The lowest BCUT2D eigenvalue weighted by Gasteiger charge is -2.40. The molecule has 1 saturated heterocycles. The summed E-state index contributed by atoms with van der Waals surface area (Å²) in [5.41, 5.74) is 0.623. The Kier molecular flexibility index (Phi) is 6.56. The first-order valence-electron chi connectivity index (χ1n) is 11.0. The summed E-state index contributed by atoms with van der Waals surface area (Å²) in [4.78, 5) is 17.0. The lowest BCUT2D eigenvalue weighted by atomic mass is 10.0. The van der Waals surface area contributed by atoms with E-state index in [-0.39, 0.29) is 17.8 Å². The van der Waals surface area contributed by atoms with Crippen molar-refractivity contribution < 1.29 is 18.7 Å². The summed E-state index contributed by atoms with van der Waals surface area (Å²) >= 11 is 0. The molecular weight excluding hydrogens is 395 g/mol. The highest BCUT2D eigenvalue weighted by Gasteiger charge is 2.30. The van der Waals surface area contributed by atoms with Crippen LogP contribution in [0.25, 0.3) is 0 Å². The maximum absolute atomic E-state index is 13.2. The summed E-state index contributed by atoms with van der Waals surface area (Å²) in [7, 11) is 2.01. The van der Waals surface area contributed by atoms with E-state index in [0.29, 0.717) is 28.9 Å². The van der Waals surface area contributed by atoms with E-state index >= 15 is 0 Å². The van der Waals surface area contributed by atoms with E-state index in [1.165, 1.54) is 12.1 Å². The van der Waals surface area contributed by atoms with Crippen LogP contribution in [0, 0.1) is 5.82 Å². The van der Waals surface area contributed by atoms with Gasteiger partial charge in [0.2, 0.25) is 5.78 Å². The summed E-state index contributed by atoms with van der Waals surface area (Å²) < 4.78 is 25.1. The van der Waals surface area contributed by atoms with Gasteiger partial charge in [-0.05, 0) is 55.7 Å². The van der Waals surface area contributed by atoms with E-state index in [0.717, 1.165) is 38.8 Å². The van der Waals surface area contributed by atoms with Crippen LogP contribution in [-0.2, 0) is 0 Å². The van der Waals surface area contributed by atoms with Gasteiger partial charge in [0.1, 0.15) is 17.3 Å². The highest BCUT2D eigenvalue weighted by atomic mass is 19.1. The lowest BCUT2D eigenvalue weighted by molar-refractivity contribution is -0.00633. The fourth-order valence-corrected chi connectivity index (χ4v) is 4.23. The van der Waals surface area contributed by atoms with Crippen LogP contribution in [0.2, 0.25) is 0 Å². The molecule has 0 bridgehead atoms. The van der Waals surface area contributed by atoms with E-state index in [1.54, 1.807) is 18.2 Å². The molecule has 0 aromatic heterocycles. The van der Waals surface area contributed by atoms with Crippen LogP contribution in [0.1, 0.15) is 43.0 Å². The fourth-order valence-electron chi connectivity index (χ4n) is 4.23. The zero-order chi connectivity index (χ0) is 21.8. The van der Waals surface area contributed by atoms with Gasteiger partial charge >= 0.3 is 0 Å². The number of halogens is 1. The predicted octanol–water partition coefficient (Wildman–Crippen LogP) is 4.84. The molecule has 0 amide bonds. The third-order valence-corrected chi connectivity index (χ3v) is 6.00. The molecule has 31 heavy (non-hydrogen) atoms. The normalized spacial score (nSPS) is 19.2. The minimum absolute atomic E-state index is 0.0192. The molecule has 0 spiro atoms. The number of carbonyl (C=O) groups is 1. The average Bonchev–Trinajstić information content (AvgIpc) is 3.10. The van der Waals surface area contributed by atoms with Gasteiger partial charge in [0.05, 0.1) is 5.56 Å². The van der Waals surface area contributed by atoms with Crippen molar-refractivity contribution in [2.75, 3.05) is 20.1 Å². The van der Waals surface area contributed by atoms with E-state index in [4.69, 9.17) is 9.47 Å². The average molecular weight is 425 g/mol. The van der Waals surface area contributed by atoms with Crippen molar-refractivity contribution >= 4 is 5.78 Å². The largest absolute Gasteiger partial charge is 0.475 e. The van der Waals surface area contributed by atoms with Crippen molar-refractivity contribution in [3.63, 3.8) is 0 Å². The first kappa shape index (κ1) is 21.4. The molecule has 0 radical (unpaired) electrons. The van der Waals surface area contributed by atoms with Crippen LogP contribution in [0.3, 0.4) is 0 Å². The third-order valence-electron chi connectivity index (χ3n) is 6.00. The number of ketones is 1. The smallest absolute Gasteiger partial charge is 0.233 e. The number of likely N-dealkylation sites (tertiary alicyclic amines) is 1. The second-order valence-corrected chi connectivity index (χ2v) is 8.17. The Balaban J connectivity index is 1.35. The van der Waals surface area contributed by atoms with Gasteiger partial charge in [-0.2, -0.15) is 0 Å². The van der Waals surface area contributed by atoms with Crippen molar-refractivity contribution in [3.05, 3.63) is 71.9 Å². The summed E-state index contributed by atoms with van der Waals surface area (Å²) in [6.07, 6.45) is 5.68. The van der Waals surface area contributed by atoms with Crippen molar-refractivity contribution in [1.29, 1.82) is 0 Å². The summed E-state index contributed by atoms with van der Waals surface area (Å²) in [6.45, 7) is 3.95. The number of benzene rings is 2. The Morgan fingerprint density at radius 2 is 1.90 bits per heavy atom. The zero-order valence-corrected chi connectivity index (χ0v) is 18.1. The van der Waals surface area contributed by atoms with E-state index in [1.807, 2.05) is 31.4 Å². The predicted molar refractivity (Wildman–Crippen MR) is 118 cm³/mol. The van der Waals surface area contributed by atoms with Gasteiger partial charge in [-0.25, -0.2) is 4.39 Å². The summed E-state index contributed by atoms with van der Waals surface area (Å²) in [6, 6.07) is 13.9. The molecule has 2 heterocycles. The van der Waals surface area contributed by atoms with Gasteiger partial charge in [-0.1, -0.05) is 25.5 Å². The Morgan fingerprint density at radius 3 is 2.58 bits per heavy atom. The van der Waals surface area contributed by atoms with Crippen molar-refractivity contribution in [1.82, 2.24) is 9.80 Å². The van der Waals surface area contributed by atoms with Gasteiger partial charge in [0.15, 0.2) is 12.0 Å². The number of hydrogen-bond acceptors (Lipinski definition) is 5. The van der Waals surface area contributed by atoms with Gasteiger partial charge < -0.3 is 14.4 Å². The number of rotatable bonds is 7. The van der Waals surface area contributed by atoms with Crippen LogP contribution in [0.5, 0.6) is 11.5 Å². The monoisotopic (exact) mass is 424 g/mol. The number of hydrogen-bond donors (Lipinski definition) is 0. The molecule has 164 valence electrons. The molecule has 0 aliphatic carbocycles. The molecule has 6 heteroatoms. The van der Waals surface area contributed by atoms with Crippen LogP contribution >= 0.6 is 0 Å². The second kappa shape index (κ2) is 9.52. The fraction of sp³-hybridized carbons (Fsp3) is 0.400. The standard InChI is InChI=1S/C25H29FN2O3/c1-3-6-24(30-20-11-9-18(26)10-12-20)28-15-13-19(14-16-28)27(2)17-23-25(29)21-7-4-5-8-22(21)31-23/h4-5,7-12,17,19,24H,3,6,13-16H2,1-2H3. The van der Waals surface area contributed by atoms with Crippen LogP contribution in [0.15, 0.2) is 60.5 Å². The third kappa shape index (κ3) is 4.90. The quantitative estimate of drug-likeness (QED) is 0.595. The number of ether oxygens (including phenoxy) is 2. The number of carbonyl (C=O) groups excluding carboxylic acids is 1. The number of para-hydroxylation sites is 1. The van der Waals surface area contributed by atoms with E-state index < -0.39 is 0 Å². The summed E-state index contributed by atoms with van der Waals surface area (Å²) in [5, 5.41) is 0. The Morgan fingerprint density at radius 1 is 1.19 bits per heavy atom. The molecule has 1 unspecified atom stereocenters. The maximum atomic E-state index is 13.2. The highest BCUT2D eigenvalue weighted by Crippen LogP contribution is 2.31. The molecule has 4 rings (SSSR count). The molecule has 2 aliphatic rings. The van der Waals surface area contributed by atoms with Gasteiger partial charge in [0, 0.05) is 32.4 Å². The van der Waals surface area contributed by atoms with Crippen molar-refractivity contribution in [3.8, 4) is 11.5 Å². The Bertz CT molecular complexity index is 936. The minimum Gasteiger partial charge on any atom is -0.475 e. The topological polar surface area (TPSA) is 42.0 Å². The van der Waals surface area contributed by atoms with Gasteiger partial charge in [-0.3, -0.25) is 9.69 Å². The lowest BCUT2D eigenvalue weighted by Crippen LogP contribution is -2.48. The molecule has 2 aromatic carbocycles. The first-order chi connectivity index (χ1) is 15.0. The molecule has 0 N–H and O–H groups in total. The number of piperidine rings is 1. The van der Waals surface area contributed by atoms with Crippen LogP contribution in [0.4, 0.5) is 4.39 Å².